The molecule has 0 fully saturated rings. The summed E-state index contributed by atoms with van der Waals surface area (Å²) in [6, 6.07) is 0. The smallest absolute Gasteiger partial charge is 0.358 e. The third-order valence-electron chi connectivity index (χ3n) is 1.49. The topological polar surface area (TPSA) is 52.1 Å². The first-order valence-corrected chi connectivity index (χ1v) is 3.67. The highest BCUT2D eigenvalue weighted by Gasteiger charge is 2.11. The largest absolute Gasteiger partial charge is 0.464 e. The molecule has 0 bridgehead atoms. The van der Waals surface area contributed by atoms with Crippen molar-refractivity contribution in [3.8, 4) is 0 Å². The number of esters is 1. The predicted molar refractivity (Wildman–Crippen MR) is 42.7 cm³/mol. The number of aromatic nitrogens is 2. The summed E-state index contributed by atoms with van der Waals surface area (Å²) in [5.74, 6) is -0.431. The van der Waals surface area contributed by atoms with E-state index in [0.717, 1.165) is 0 Å². The van der Waals surface area contributed by atoms with Gasteiger partial charge in [-0.25, -0.2) is 9.78 Å². The fourth-order valence-corrected chi connectivity index (χ4v) is 0.893. The van der Waals surface area contributed by atoms with Crippen LogP contribution in [-0.2, 0) is 11.2 Å². The van der Waals surface area contributed by atoms with E-state index in [9.17, 15) is 4.79 Å². The Kier molecular flexibility index (Phi) is 2.74. The number of ether oxygens (including phenoxy) is 1. The average Bonchev–Trinajstić information content (AvgIpc) is 2.16. The first-order chi connectivity index (χ1) is 5.79. The number of carbonyl (C=O) groups is 1. The zero-order chi connectivity index (χ0) is 8.97. The van der Waals surface area contributed by atoms with Gasteiger partial charge in [0, 0.05) is 12.4 Å². The van der Waals surface area contributed by atoms with E-state index in [0.29, 0.717) is 17.8 Å². The van der Waals surface area contributed by atoms with Crippen LogP contribution >= 0.6 is 0 Å². The Hall–Kier alpha value is -1.45. The van der Waals surface area contributed by atoms with Gasteiger partial charge >= 0.3 is 5.97 Å². The van der Waals surface area contributed by atoms with E-state index >= 15 is 0 Å². The van der Waals surface area contributed by atoms with Gasteiger partial charge in [0.15, 0.2) is 5.69 Å². The molecule has 4 heteroatoms. The number of rotatable bonds is 2. The van der Waals surface area contributed by atoms with E-state index in [-0.39, 0.29) is 0 Å². The third kappa shape index (κ3) is 1.58. The zero-order valence-electron chi connectivity index (χ0n) is 7.07. The van der Waals surface area contributed by atoms with Gasteiger partial charge in [-0.2, -0.15) is 0 Å². The third-order valence-corrected chi connectivity index (χ3v) is 1.49. The normalized spacial score (nSPS) is 9.50. The van der Waals surface area contributed by atoms with Crippen LogP contribution < -0.4 is 0 Å². The monoisotopic (exact) mass is 166 g/mol. The molecule has 0 aliphatic carbocycles. The second kappa shape index (κ2) is 3.80. The molecule has 64 valence electrons. The molecule has 0 atom stereocenters. The summed E-state index contributed by atoms with van der Waals surface area (Å²) >= 11 is 0. The summed E-state index contributed by atoms with van der Waals surface area (Å²) in [5.41, 5.74) is 0.979. The van der Waals surface area contributed by atoms with E-state index < -0.39 is 5.97 Å². The molecule has 1 rings (SSSR count). The number of aryl methyl sites for hydroxylation is 1. The Balaban J connectivity index is 3.04. The first-order valence-electron chi connectivity index (χ1n) is 3.67. The van der Waals surface area contributed by atoms with Crippen LogP contribution in [0.25, 0.3) is 0 Å². The maximum absolute atomic E-state index is 11.1. The van der Waals surface area contributed by atoms with Crippen molar-refractivity contribution in [2.75, 3.05) is 7.11 Å². The van der Waals surface area contributed by atoms with Gasteiger partial charge in [0.1, 0.15) is 0 Å². The molecule has 0 radical (unpaired) electrons. The molecule has 0 unspecified atom stereocenters. The molecule has 12 heavy (non-hydrogen) atoms. The highest BCUT2D eigenvalue weighted by molar-refractivity contribution is 5.88. The predicted octanol–water partition coefficient (Wildman–Crippen LogP) is 0.826. The van der Waals surface area contributed by atoms with Gasteiger partial charge in [-0.3, -0.25) is 4.98 Å². The van der Waals surface area contributed by atoms with Gasteiger partial charge < -0.3 is 4.74 Å². The summed E-state index contributed by atoms with van der Waals surface area (Å²) in [4.78, 5) is 19.0. The van der Waals surface area contributed by atoms with Gasteiger partial charge in [0.25, 0.3) is 0 Å². The van der Waals surface area contributed by atoms with Crippen molar-refractivity contribution < 1.29 is 9.53 Å². The minimum atomic E-state index is -0.431. The summed E-state index contributed by atoms with van der Waals surface area (Å²) in [6.45, 7) is 1.91. The number of carbonyl (C=O) groups excluding carboxylic acids is 1. The van der Waals surface area contributed by atoms with Crippen LogP contribution in [0.1, 0.15) is 23.1 Å². The van der Waals surface area contributed by atoms with Crippen LogP contribution in [0.4, 0.5) is 0 Å². The van der Waals surface area contributed by atoms with Crippen LogP contribution in [0.5, 0.6) is 0 Å². The Morgan fingerprint density at radius 3 is 2.75 bits per heavy atom. The van der Waals surface area contributed by atoms with E-state index in [1.54, 1.807) is 6.20 Å². The molecule has 4 nitrogen and oxygen atoms in total. The Labute approximate surface area is 70.6 Å². The van der Waals surface area contributed by atoms with Crippen molar-refractivity contribution in [3.63, 3.8) is 0 Å². The van der Waals surface area contributed by atoms with E-state index in [4.69, 9.17) is 0 Å². The van der Waals surface area contributed by atoms with Crippen molar-refractivity contribution in [1.82, 2.24) is 9.97 Å². The number of methoxy groups -OCH3 is 1. The molecule has 1 heterocycles. The highest BCUT2D eigenvalue weighted by Crippen LogP contribution is 2.03. The molecule has 0 aromatic carbocycles. The van der Waals surface area contributed by atoms with Crippen LogP contribution in [0, 0.1) is 0 Å². The lowest BCUT2D eigenvalue weighted by Gasteiger charge is -2.01. The van der Waals surface area contributed by atoms with Gasteiger partial charge in [-0.05, 0) is 6.42 Å². The van der Waals surface area contributed by atoms with Crippen LogP contribution in [0.3, 0.4) is 0 Å². The fourth-order valence-electron chi connectivity index (χ4n) is 0.893. The maximum Gasteiger partial charge on any atom is 0.358 e. The van der Waals surface area contributed by atoms with E-state index in [2.05, 4.69) is 14.7 Å². The van der Waals surface area contributed by atoms with E-state index in [1.807, 2.05) is 6.92 Å². The van der Waals surface area contributed by atoms with Crippen molar-refractivity contribution in [2.24, 2.45) is 0 Å². The first kappa shape index (κ1) is 8.64. The molecular formula is C8H10N2O2. The van der Waals surface area contributed by atoms with Crippen LogP contribution in [0.2, 0.25) is 0 Å². The minimum absolute atomic E-state index is 0.308. The molecule has 1 aromatic heterocycles. The lowest BCUT2D eigenvalue weighted by Crippen LogP contribution is -2.09. The van der Waals surface area contributed by atoms with Crippen molar-refractivity contribution >= 4 is 5.97 Å². The van der Waals surface area contributed by atoms with Crippen LogP contribution in [0.15, 0.2) is 12.4 Å². The van der Waals surface area contributed by atoms with Crippen molar-refractivity contribution in [2.45, 2.75) is 13.3 Å². The van der Waals surface area contributed by atoms with Gasteiger partial charge in [-0.15, -0.1) is 0 Å². The standard InChI is InChI=1S/C8H10N2O2/c1-3-6-7(8(11)12-2)10-5-4-9-6/h4-5H,3H2,1-2H3. The second-order valence-corrected chi connectivity index (χ2v) is 2.20. The molecular weight excluding hydrogens is 156 g/mol. The molecule has 0 N–H and O–H groups in total. The average molecular weight is 166 g/mol. The SMILES string of the molecule is CCc1nccnc1C(=O)OC. The van der Waals surface area contributed by atoms with Gasteiger partial charge in [0.05, 0.1) is 12.8 Å². The molecule has 0 amide bonds. The van der Waals surface area contributed by atoms with Crippen molar-refractivity contribution in [1.29, 1.82) is 0 Å². The Morgan fingerprint density at radius 2 is 2.17 bits per heavy atom. The minimum Gasteiger partial charge on any atom is -0.464 e. The second-order valence-electron chi connectivity index (χ2n) is 2.20. The molecule has 1 aromatic rings. The molecule has 0 saturated heterocycles. The summed E-state index contributed by atoms with van der Waals surface area (Å²) in [6.07, 6.45) is 3.72. The zero-order valence-corrected chi connectivity index (χ0v) is 7.07. The quantitative estimate of drug-likeness (QED) is 0.610. The van der Waals surface area contributed by atoms with Crippen molar-refractivity contribution in [3.05, 3.63) is 23.8 Å². The van der Waals surface area contributed by atoms with Gasteiger partial charge in [-0.1, -0.05) is 6.92 Å². The molecule has 0 spiro atoms. The summed E-state index contributed by atoms with van der Waals surface area (Å²) in [7, 11) is 1.33. The number of hydrogen-bond donors (Lipinski definition) is 0. The lowest BCUT2D eigenvalue weighted by molar-refractivity contribution is 0.0592. The Morgan fingerprint density at radius 1 is 1.50 bits per heavy atom. The maximum atomic E-state index is 11.1. The number of hydrogen-bond acceptors (Lipinski definition) is 4. The summed E-state index contributed by atoms with van der Waals surface area (Å²) < 4.78 is 4.54. The highest BCUT2D eigenvalue weighted by atomic mass is 16.5. The molecule has 0 saturated carbocycles. The van der Waals surface area contributed by atoms with Gasteiger partial charge in [0.2, 0.25) is 0 Å². The molecule has 0 aliphatic rings. The Bertz CT molecular complexity index is 286. The summed E-state index contributed by atoms with van der Waals surface area (Å²) in [5, 5.41) is 0. The van der Waals surface area contributed by atoms with Crippen LogP contribution in [-0.4, -0.2) is 23.0 Å². The van der Waals surface area contributed by atoms with E-state index in [1.165, 1.54) is 13.3 Å². The lowest BCUT2D eigenvalue weighted by atomic mass is 10.2. The number of nitrogens with zero attached hydrogens (tertiary/aromatic N) is 2. The molecule has 0 aliphatic heterocycles. The fraction of sp³-hybridized carbons (Fsp3) is 0.375.